The largest absolute Gasteiger partial charge is 0.465 e. The van der Waals surface area contributed by atoms with Gasteiger partial charge in [0.1, 0.15) is 11.3 Å². The number of carbonyl (C=O) groups excluding carboxylic acids is 2. The average Bonchev–Trinajstić information content (AvgIpc) is 3.19. The molecule has 0 unspecified atom stereocenters. The Hall–Kier alpha value is -3.98. The lowest BCUT2D eigenvalue weighted by molar-refractivity contribution is -0.133. The number of nitrogen functional groups attached to an aromatic ring is 1. The Morgan fingerprint density at radius 1 is 1.00 bits per heavy atom. The van der Waals surface area contributed by atoms with Gasteiger partial charge in [0.2, 0.25) is 5.91 Å². The number of aryl methyl sites for hydroxylation is 2. The van der Waals surface area contributed by atoms with Gasteiger partial charge < -0.3 is 19.9 Å². The van der Waals surface area contributed by atoms with Crippen LogP contribution in [-0.4, -0.2) is 69.5 Å². The molecule has 9 nitrogen and oxygen atoms in total. The van der Waals surface area contributed by atoms with E-state index in [0.29, 0.717) is 37.6 Å². The van der Waals surface area contributed by atoms with Gasteiger partial charge in [-0.3, -0.25) is 9.69 Å². The van der Waals surface area contributed by atoms with Gasteiger partial charge in [0.15, 0.2) is 5.82 Å². The Labute approximate surface area is 254 Å². The van der Waals surface area contributed by atoms with Crippen molar-refractivity contribution in [1.82, 2.24) is 24.3 Å². The van der Waals surface area contributed by atoms with E-state index in [-0.39, 0.29) is 11.9 Å². The number of amides is 1. The minimum atomic E-state index is -0.378. The van der Waals surface area contributed by atoms with E-state index in [0.717, 1.165) is 84.9 Å². The number of fused-ring (bicyclic) bond motifs is 3. The van der Waals surface area contributed by atoms with Gasteiger partial charge in [-0.05, 0) is 62.5 Å². The number of hydrogen-bond acceptors (Lipinski definition) is 7. The molecule has 0 radical (unpaired) electrons. The minimum absolute atomic E-state index is 0.117. The van der Waals surface area contributed by atoms with Gasteiger partial charge in [-0.15, -0.1) is 0 Å². The number of pyridine rings is 1. The van der Waals surface area contributed by atoms with Crippen LogP contribution in [0.3, 0.4) is 0 Å². The molecule has 1 aliphatic rings. The van der Waals surface area contributed by atoms with E-state index in [2.05, 4.69) is 27.4 Å². The van der Waals surface area contributed by atoms with Crippen LogP contribution in [0.4, 0.5) is 5.82 Å². The van der Waals surface area contributed by atoms with Gasteiger partial charge in [-0.25, -0.2) is 14.8 Å². The smallest absolute Gasteiger partial charge is 0.337 e. The van der Waals surface area contributed by atoms with Crippen molar-refractivity contribution in [2.75, 3.05) is 39.0 Å². The SMILES string of the molecule is CCCCc1nc2c(N)nc3ccccc3c2n1CCCN(Cc1cccc(C(=O)OC)c1)C(=O)CN1CCCCCC1. The molecule has 228 valence electrons. The van der Waals surface area contributed by atoms with E-state index in [1.165, 1.54) is 20.0 Å². The lowest BCUT2D eigenvalue weighted by atomic mass is 10.1. The number of nitrogens with zero attached hydrogens (tertiary/aromatic N) is 5. The second-order valence-electron chi connectivity index (χ2n) is 11.5. The number of esters is 1. The van der Waals surface area contributed by atoms with Gasteiger partial charge in [-0.2, -0.15) is 0 Å². The fraction of sp³-hybridized carbons (Fsp3) is 0.471. The first-order chi connectivity index (χ1) is 21.0. The van der Waals surface area contributed by atoms with Crippen LogP contribution >= 0.6 is 0 Å². The summed E-state index contributed by atoms with van der Waals surface area (Å²) in [5.41, 5.74) is 10.4. The van der Waals surface area contributed by atoms with Crippen LogP contribution in [0.5, 0.6) is 0 Å². The number of aromatic nitrogens is 3. The molecule has 1 amide bonds. The van der Waals surface area contributed by atoms with E-state index >= 15 is 0 Å². The first-order valence-electron chi connectivity index (χ1n) is 15.7. The number of rotatable bonds is 12. The zero-order valence-electron chi connectivity index (χ0n) is 25.6. The highest BCUT2D eigenvalue weighted by atomic mass is 16.5. The molecule has 1 saturated heterocycles. The third-order valence-corrected chi connectivity index (χ3v) is 8.38. The highest BCUT2D eigenvalue weighted by molar-refractivity contribution is 6.06. The van der Waals surface area contributed by atoms with Gasteiger partial charge in [-0.1, -0.05) is 56.5 Å². The number of anilines is 1. The Kier molecular flexibility index (Phi) is 10.3. The predicted molar refractivity (Wildman–Crippen MR) is 171 cm³/mol. The van der Waals surface area contributed by atoms with Gasteiger partial charge in [0.25, 0.3) is 0 Å². The Morgan fingerprint density at radius 3 is 2.56 bits per heavy atom. The molecular weight excluding hydrogens is 540 g/mol. The van der Waals surface area contributed by atoms with Crippen molar-refractivity contribution in [2.45, 2.75) is 71.4 Å². The number of hydrogen-bond donors (Lipinski definition) is 1. The number of nitrogens with two attached hydrogens (primary N) is 1. The van der Waals surface area contributed by atoms with Crippen molar-refractivity contribution in [3.8, 4) is 0 Å². The lowest BCUT2D eigenvalue weighted by Gasteiger charge is -2.27. The predicted octanol–water partition coefficient (Wildman–Crippen LogP) is 5.59. The topological polar surface area (TPSA) is 107 Å². The number of methoxy groups -OCH3 is 1. The Morgan fingerprint density at radius 2 is 1.79 bits per heavy atom. The molecular formula is C34H44N6O3. The van der Waals surface area contributed by atoms with Crippen molar-refractivity contribution >= 4 is 39.6 Å². The standard InChI is InChI=1S/C34H44N6O3/c1-3-4-17-29-37-31-32(27-15-7-8-16-28(27)36-33(31)35)40(29)21-12-20-39(30(41)24-38-18-9-5-6-10-19-38)23-25-13-11-14-26(22-25)34(42)43-2/h7-8,11,13-16,22H,3-6,9-10,12,17-21,23-24H2,1-2H3,(H2,35,36). The van der Waals surface area contributed by atoms with Crippen LogP contribution in [0.1, 0.15) is 73.6 Å². The number of likely N-dealkylation sites (tertiary alicyclic amines) is 1. The molecule has 0 aliphatic carbocycles. The molecule has 0 bridgehead atoms. The first-order valence-corrected chi connectivity index (χ1v) is 15.7. The maximum absolute atomic E-state index is 13.8. The molecule has 2 aromatic heterocycles. The number of ether oxygens (including phenoxy) is 1. The second kappa shape index (κ2) is 14.5. The summed E-state index contributed by atoms with van der Waals surface area (Å²) in [6, 6.07) is 15.4. The fourth-order valence-electron chi connectivity index (χ4n) is 6.10. The van der Waals surface area contributed by atoms with Crippen LogP contribution in [0.2, 0.25) is 0 Å². The van der Waals surface area contributed by atoms with Gasteiger partial charge in [0.05, 0.1) is 30.3 Å². The molecule has 1 fully saturated rings. The Balaban J connectivity index is 1.40. The average molecular weight is 585 g/mol. The maximum atomic E-state index is 13.8. The van der Waals surface area contributed by atoms with Crippen LogP contribution < -0.4 is 5.73 Å². The number of para-hydroxylation sites is 1. The van der Waals surface area contributed by atoms with E-state index < -0.39 is 0 Å². The molecule has 3 heterocycles. The third-order valence-electron chi connectivity index (χ3n) is 8.38. The summed E-state index contributed by atoms with van der Waals surface area (Å²) in [5, 5.41) is 1.04. The van der Waals surface area contributed by atoms with Crippen LogP contribution in [-0.2, 0) is 29.0 Å². The van der Waals surface area contributed by atoms with Gasteiger partial charge >= 0.3 is 5.97 Å². The summed E-state index contributed by atoms with van der Waals surface area (Å²) in [6.45, 7) is 6.24. The molecule has 2 N–H and O–H groups in total. The van der Waals surface area contributed by atoms with Crippen LogP contribution in [0.15, 0.2) is 48.5 Å². The molecule has 4 aromatic rings. The number of imidazole rings is 1. The molecule has 2 aromatic carbocycles. The van der Waals surface area contributed by atoms with E-state index in [9.17, 15) is 9.59 Å². The monoisotopic (exact) mass is 584 g/mol. The molecule has 1 aliphatic heterocycles. The summed E-state index contributed by atoms with van der Waals surface area (Å²) in [4.78, 5) is 39.8. The highest BCUT2D eigenvalue weighted by Gasteiger charge is 2.21. The Bertz CT molecular complexity index is 1560. The molecule has 0 atom stereocenters. The third kappa shape index (κ3) is 7.33. The molecule has 0 saturated carbocycles. The fourth-order valence-corrected chi connectivity index (χ4v) is 6.10. The van der Waals surface area contributed by atoms with Crippen molar-refractivity contribution in [3.05, 3.63) is 65.5 Å². The number of unbranched alkanes of at least 4 members (excludes halogenated alkanes) is 1. The quantitative estimate of drug-likeness (QED) is 0.216. The highest BCUT2D eigenvalue weighted by Crippen LogP contribution is 2.29. The van der Waals surface area contributed by atoms with Gasteiger partial charge in [0, 0.05) is 31.4 Å². The summed E-state index contributed by atoms with van der Waals surface area (Å²) in [5.74, 6) is 1.20. The zero-order valence-corrected chi connectivity index (χ0v) is 25.6. The summed E-state index contributed by atoms with van der Waals surface area (Å²) >= 11 is 0. The van der Waals surface area contributed by atoms with Crippen molar-refractivity contribution < 1.29 is 14.3 Å². The second-order valence-corrected chi connectivity index (χ2v) is 11.5. The summed E-state index contributed by atoms with van der Waals surface area (Å²) in [7, 11) is 1.38. The van der Waals surface area contributed by atoms with E-state index in [1.807, 2.05) is 41.3 Å². The number of carbonyl (C=O) groups is 2. The zero-order chi connectivity index (χ0) is 30.2. The van der Waals surface area contributed by atoms with Crippen molar-refractivity contribution in [2.24, 2.45) is 0 Å². The molecule has 9 heteroatoms. The van der Waals surface area contributed by atoms with Crippen LogP contribution in [0.25, 0.3) is 21.9 Å². The first kappa shape index (κ1) is 30.5. The van der Waals surface area contributed by atoms with Crippen molar-refractivity contribution in [3.63, 3.8) is 0 Å². The normalized spacial score (nSPS) is 14.2. The number of benzene rings is 2. The lowest BCUT2D eigenvalue weighted by Crippen LogP contribution is -2.41. The van der Waals surface area contributed by atoms with E-state index in [4.69, 9.17) is 15.5 Å². The summed E-state index contributed by atoms with van der Waals surface area (Å²) in [6.07, 6.45) is 8.43. The van der Waals surface area contributed by atoms with E-state index in [1.54, 1.807) is 6.07 Å². The molecule has 43 heavy (non-hydrogen) atoms. The summed E-state index contributed by atoms with van der Waals surface area (Å²) < 4.78 is 7.22. The molecule has 5 rings (SSSR count). The molecule has 0 spiro atoms. The van der Waals surface area contributed by atoms with Crippen LogP contribution in [0, 0.1) is 0 Å². The maximum Gasteiger partial charge on any atom is 0.337 e. The minimum Gasteiger partial charge on any atom is -0.465 e. The van der Waals surface area contributed by atoms with Crippen molar-refractivity contribution in [1.29, 1.82) is 0 Å².